The van der Waals surface area contributed by atoms with Gasteiger partial charge in [-0.05, 0) is 79.4 Å². The molecule has 2 amide bonds. The quantitative estimate of drug-likeness (QED) is 0.145. The molecule has 0 aromatic heterocycles. The number of hydrogen-bond donors (Lipinski definition) is 1. The van der Waals surface area contributed by atoms with Gasteiger partial charge in [0.05, 0.1) is 0 Å². The number of benzene rings is 1. The van der Waals surface area contributed by atoms with Crippen LogP contribution < -0.4 is 14.8 Å². The van der Waals surface area contributed by atoms with E-state index >= 15 is 0 Å². The molecule has 2 rings (SSSR count). The van der Waals surface area contributed by atoms with Crippen molar-refractivity contribution >= 4 is 23.8 Å². The van der Waals surface area contributed by atoms with Crippen LogP contribution in [0.15, 0.2) is 12.1 Å². The van der Waals surface area contributed by atoms with Gasteiger partial charge in [0.1, 0.15) is 16.9 Å². The predicted octanol–water partition coefficient (Wildman–Crippen LogP) is 6.03. The molecule has 11 nitrogen and oxygen atoms in total. The van der Waals surface area contributed by atoms with Gasteiger partial charge in [0.2, 0.25) is 0 Å². The normalized spacial score (nSPS) is 14.0. The predicted molar refractivity (Wildman–Crippen MR) is 166 cm³/mol. The van der Waals surface area contributed by atoms with Crippen LogP contribution in [0.2, 0.25) is 0 Å². The van der Waals surface area contributed by atoms with Gasteiger partial charge in [-0.2, -0.15) is 0 Å². The monoisotopic (exact) mass is 607 g/mol. The van der Waals surface area contributed by atoms with Crippen LogP contribution in [0, 0.1) is 0 Å². The lowest BCUT2D eigenvalue weighted by molar-refractivity contribution is -0.118. The highest BCUT2D eigenvalue weighted by Gasteiger charge is 2.28. The average Bonchev–Trinajstić information content (AvgIpc) is 2.89. The van der Waals surface area contributed by atoms with Gasteiger partial charge in [0, 0.05) is 45.9 Å². The topological polar surface area (TPSA) is 116 Å². The third-order valence-corrected chi connectivity index (χ3v) is 6.75. The number of nitrogens with zero attached hydrogens (tertiary/aromatic N) is 2. The van der Waals surface area contributed by atoms with Gasteiger partial charge < -0.3 is 33.9 Å². The van der Waals surface area contributed by atoms with Gasteiger partial charge in [-0.1, -0.05) is 25.8 Å². The number of amides is 2. The first kappa shape index (κ1) is 36.1. The third kappa shape index (κ3) is 13.0. The molecule has 43 heavy (non-hydrogen) atoms. The Morgan fingerprint density at radius 3 is 2.33 bits per heavy atom. The molecule has 1 unspecified atom stereocenters. The molecule has 11 heteroatoms. The molecule has 1 aromatic carbocycles. The number of hydrogen-bond acceptors (Lipinski definition) is 9. The number of rotatable bonds is 15. The number of carbonyl (C=O) groups excluding carboxylic acids is 3. The van der Waals surface area contributed by atoms with E-state index in [0.29, 0.717) is 44.5 Å². The first-order chi connectivity index (χ1) is 20.1. The first-order valence-corrected chi connectivity index (χ1v) is 15.3. The van der Waals surface area contributed by atoms with Gasteiger partial charge in [-0.25, -0.2) is 9.59 Å². The second kappa shape index (κ2) is 16.7. The van der Waals surface area contributed by atoms with Crippen LogP contribution in [0.5, 0.6) is 11.5 Å². The lowest BCUT2D eigenvalue weighted by Gasteiger charge is -2.33. The van der Waals surface area contributed by atoms with E-state index in [4.69, 9.17) is 23.7 Å². The molecule has 1 N–H and O–H groups in total. The van der Waals surface area contributed by atoms with Crippen molar-refractivity contribution in [1.82, 2.24) is 9.80 Å². The summed E-state index contributed by atoms with van der Waals surface area (Å²) in [5.41, 5.74) is -0.365. The molecule has 1 aliphatic heterocycles. The van der Waals surface area contributed by atoms with Gasteiger partial charge >= 0.3 is 12.2 Å². The fourth-order valence-corrected chi connectivity index (χ4v) is 4.62. The molecule has 0 bridgehead atoms. The van der Waals surface area contributed by atoms with Crippen molar-refractivity contribution in [1.29, 1.82) is 0 Å². The maximum atomic E-state index is 13.3. The summed E-state index contributed by atoms with van der Waals surface area (Å²) in [6.07, 6.45) is 3.43. The number of carbonyl (C=O) groups is 3. The van der Waals surface area contributed by atoms with Crippen LogP contribution in [0.3, 0.4) is 0 Å². The smallest absolute Gasteiger partial charge is 0.481 e. The number of anilines is 1. The summed E-state index contributed by atoms with van der Waals surface area (Å²) in [4.78, 5) is 42.0. The summed E-state index contributed by atoms with van der Waals surface area (Å²) < 4.78 is 27.5. The van der Waals surface area contributed by atoms with E-state index in [9.17, 15) is 14.4 Å². The Kier molecular flexibility index (Phi) is 14.0. The summed E-state index contributed by atoms with van der Waals surface area (Å²) in [7, 11) is 1.71. The van der Waals surface area contributed by atoms with Crippen molar-refractivity contribution < 1.29 is 38.1 Å². The number of unbranched alkanes of at least 4 members (excludes halogenated alkanes) is 1. The van der Waals surface area contributed by atoms with Gasteiger partial charge in [-0.15, -0.1) is 0 Å². The molecular formula is C32H53N3O8. The maximum absolute atomic E-state index is 13.3. The Bertz CT molecular complexity index is 1060. The summed E-state index contributed by atoms with van der Waals surface area (Å²) >= 11 is 0. The molecule has 0 saturated heterocycles. The van der Waals surface area contributed by atoms with Crippen molar-refractivity contribution in [2.24, 2.45) is 0 Å². The zero-order chi connectivity index (χ0) is 32.2. The summed E-state index contributed by atoms with van der Waals surface area (Å²) in [5, 5.41) is 2.75. The minimum absolute atomic E-state index is 0.123. The van der Waals surface area contributed by atoms with Crippen molar-refractivity contribution in [3.05, 3.63) is 17.7 Å². The highest BCUT2D eigenvalue weighted by atomic mass is 16.7. The molecule has 1 atom stereocenters. The molecular weight excluding hydrogens is 554 g/mol. The summed E-state index contributed by atoms with van der Waals surface area (Å²) in [5.74, 6) is 0.164. The van der Waals surface area contributed by atoms with E-state index in [1.54, 1.807) is 44.9 Å². The SMILES string of the molecule is CCCCC(C)N(CCCOC)CCN(CCc1ccc(OC(=O)OC(C)(C)C)c2c1OCC(=O)N2)C(=O)OC(C)(C)C. The summed E-state index contributed by atoms with van der Waals surface area (Å²) in [6, 6.07) is 3.74. The standard InChI is InChI=1S/C32H53N3O8/c1-10-11-13-23(2)34(17-12-21-39-9)19-20-35(29(37)42-31(3,4)5)18-16-24-14-15-25(41-30(38)43-32(6,7)8)27-28(24)40-22-26(36)33-27/h14-15,23H,10-13,16-22H2,1-9H3,(H,33,36). The second-order valence-corrected chi connectivity index (χ2v) is 12.9. The molecule has 0 aliphatic carbocycles. The number of nitrogens with one attached hydrogen (secondary N) is 1. The Hall–Kier alpha value is -3.05. The fraction of sp³-hybridized carbons (Fsp3) is 0.719. The van der Waals surface area contributed by atoms with Crippen LogP contribution in [-0.2, 0) is 25.4 Å². The Labute approximate surface area is 257 Å². The van der Waals surface area contributed by atoms with E-state index < -0.39 is 23.5 Å². The van der Waals surface area contributed by atoms with E-state index in [1.807, 2.05) is 20.8 Å². The lowest BCUT2D eigenvalue weighted by Crippen LogP contribution is -2.45. The third-order valence-electron chi connectivity index (χ3n) is 6.75. The van der Waals surface area contributed by atoms with Crippen molar-refractivity contribution in [2.75, 3.05) is 51.8 Å². The van der Waals surface area contributed by atoms with Crippen molar-refractivity contribution in [3.63, 3.8) is 0 Å². The zero-order valence-corrected chi connectivity index (χ0v) is 27.7. The van der Waals surface area contributed by atoms with Gasteiger partial charge in [0.15, 0.2) is 18.1 Å². The molecule has 0 fully saturated rings. The largest absolute Gasteiger partial charge is 0.514 e. The van der Waals surface area contributed by atoms with Gasteiger partial charge in [-0.3, -0.25) is 9.69 Å². The Morgan fingerprint density at radius 1 is 1.00 bits per heavy atom. The molecule has 0 spiro atoms. The van der Waals surface area contributed by atoms with Gasteiger partial charge in [0.25, 0.3) is 5.91 Å². The van der Waals surface area contributed by atoms with E-state index in [-0.39, 0.29) is 24.0 Å². The maximum Gasteiger partial charge on any atom is 0.514 e. The lowest BCUT2D eigenvalue weighted by atomic mass is 10.1. The van der Waals surface area contributed by atoms with E-state index in [2.05, 4.69) is 24.1 Å². The van der Waals surface area contributed by atoms with E-state index in [1.165, 1.54) is 0 Å². The highest BCUT2D eigenvalue weighted by Crippen LogP contribution is 2.40. The molecule has 0 radical (unpaired) electrons. The van der Waals surface area contributed by atoms with Crippen LogP contribution in [0.1, 0.15) is 86.6 Å². The molecule has 1 aromatic rings. The van der Waals surface area contributed by atoms with Crippen LogP contribution in [0.4, 0.5) is 15.3 Å². The Morgan fingerprint density at radius 2 is 1.70 bits per heavy atom. The second-order valence-electron chi connectivity index (χ2n) is 12.9. The highest BCUT2D eigenvalue weighted by molar-refractivity contribution is 5.98. The molecule has 0 saturated carbocycles. The van der Waals surface area contributed by atoms with Crippen molar-refractivity contribution in [3.8, 4) is 11.5 Å². The number of fused-ring (bicyclic) bond motifs is 1. The number of methoxy groups -OCH3 is 1. The molecule has 1 heterocycles. The minimum atomic E-state index is -0.887. The van der Waals surface area contributed by atoms with Crippen molar-refractivity contribution in [2.45, 2.75) is 105 Å². The molecule has 244 valence electrons. The minimum Gasteiger partial charge on any atom is -0.481 e. The van der Waals surface area contributed by atoms with E-state index in [0.717, 1.165) is 37.8 Å². The first-order valence-electron chi connectivity index (χ1n) is 15.3. The van der Waals surface area contributed by atoms with Crippen LogP contribution in [0.25, 0.3) is 0 Å². The van der Waals surface area contributed by atoms with Crippen LogP contribution in [-0.4, -0.2) is 91.7 Å². The average molecular weight is 608 g/mol. The number of ether oxygens (including phenoxy) is 5. The molecule has 1 aliphatic rings. The Balaban J connectivity index is 2.25. The fourth-order valence-electron chi connectivity index (χ4n) is 4.62. The summed E-state index contributed by atoms with van der Waals surface area (Å²) in [6.45, 7) is 18.1. The zero-order valence-electron chi connectivity index (χ0n) is 27.7. The van der Waals surface area contributed by atoms with Crippen LogP contribution >= 0.6 is 0 Å².